The standard InChI is InChI=1S/C10H3N5O11/c16-2-1-3(17)10(18)11-5-4(2)6(12(19)20)8(14(23)24)9(15(25)26)7(5)13(21)22/h1,17H,(H,11,18). The molecule has 2 rings (SSSR count). The summed E-state index contributed by atoms with van der Waals surface area (Å²) in [5.74, 6) is -1.32. The summed E-state index contributed by atoms with van der Waals surface area (Å²) in [5.41, 5.74) is -11.7. The lowest BCUT2D eigenvalue weighted by Gasteiger charge is -2.01. The van der Waals surface area contributed by atoms with Crippen LogP contribution in [0.2, 0.25) is 0 Å². The van der Waals surface area contributed by atoms with E-state index >= 15 is 0 Å². The predicted molar refractivity (Wildman–Crippen MR) is 79.1 cm³/mol. The molecule has 134 valence electrons. The van der Waals surface area contributed by atoms with Crippen LogP contribution in [0.25, 0.3) is 10.9 Å². The topological polar surface area (TPSA) is 243 Å². The van der Waals surface area contributed by atoms with Crippen LogP contribution >= 0.6 is 0 Å². The molecule has 1 aromatic carbocycles. The Kier molecular flexibility index (Phi) is 4.02. The molecule has 16 heteroatoms. The molecular formula is C10H3N5O11. The van der Waals surface area contributed by atoms with Crippen molar-refractivity contribution in [3.05, 3.63) is 67.1 Å². The molecule has 2 N–H and O–H groups in total. The number of nitro benzene ring substituents is 4. The van der Waals surface area contributed by atoms with Gasteiger partial charge in [0.2, 0.25) is 0 Å². The van der Waals surface area contributed by atoms with E-state index in [0.29, 0.717) is 0 Å². The smallest absolute Gasteiger partial charge is 0.432 e. The van der Waals surface area contributed by atoms with Crippen LogP contribution in [0.1, 0.15) is 0 Å². The summed E-state index contributed by atoms with van der Waals surface area (Å²) in [5, 5.41) is 52.7. The number of aromatic hydroxyl groups is 1. The zero-order valence-corrected chi connectivity index (χ0v) is 11.9. The van der Waals surface area contributed by atoms with Gasteiger partial charge in [-0.3, -0.25) is 50.0 Å². The third kappa shape index (κ3) is 2.52. The van der Waals surface area contributed by atoms with Crippen molar-refractivity contribution in [2.24, 2.45) is 0 Å². The van der Waals surface area contributed by atoms with E-state index in [-0.39, 0.29) is 6.07 Å². The molecule has 0 aliphatic heterocycles. The first-order valence-corrected chi connectivity index (χ1v) is 6.06. The second-order valence-electron chi connectivity index (χ2n) is 4.52. The maximum atomic E-state index is 12.1. The van der Waals surface area contributed by atoms with Crippen LogP contribution in [0.3, 0.4) is 0 Å². The third-order valence-corrected chi connectivity index (χ3v) is 3.11. The van der Waals surface area contributed by atoms with Crippen molar-refractivity contribution in [1.82, 2.24) is 4.98 Å². The van der Waals surface area contributed by atoms with E-state index < -0.39 is 70.1 Å². The van der Waals surface area contributed by atoms with E-state index in [0.717, 1.165) is 0 Å². The molecule has 0 fully saturated rings. The zero-order chi connectivity index (χ0) is 19.9. The molecule has 0 aliphatic carbocycles. The van der Waals surface area contributed by atoms with Gasteiger partial charge in [0.25, 0.3) is 5.56 Å². The Labute approximate surface area is 137 Å². The monoisotopic (exact) mass is 369 g/mol. The first kappa shape index (κ1) is 17.8. The molecule has 0 bridgehead atoms. The van der Waals surface area contributed by atoms with Gasteiger partial charge in [0.15, 0.2) is 11.2 Å². The Morgan fingerprint density at radius 2 is 1.19 bits per heavy atom. The fraction of sp³-hybridized carbons (Fsp3) is 0. The zero-order valence-electron chi connectivity index (χ0n) is 11.9. The highest BCUT2D eigenvalue weighted by atomic mass is 16.7. The second-order valence-corrected chi connectivity index (χ2v) is 4.52. The van der Waals surface area contributed by atoms with Crippen molar-refractivity contribution in [2.75, 3.05) is 0 Å². The van der Waals surface area contributed by atoms with Crippen molar-refractivity contribution in [3.63, 3.8) is 0 Å². The average Bonchev–Trinajstić information content (AvgIpc) is 2.61. The van der Waals surface area contributed by atoms with E-state index in [1.807, 2.05) is 0 Å². The van der Waals surface area contributed by atoms with Crippen molar-refractivity contribution in [3.8, 4) is 5.75 Å². The lowest BCUT2D eigenvalue weighted by Crippen LogP contribution is -2.10. The highest BCUT2D eigenvalue weighted by Gasteiger charge is 2.48. The Morgan fingerprint density at radius 1 is 0.769 bits per heavy atom. The van der Waals surface area contributed by atoms with Crippen LogP contribution in [0.4, 0.5) is 22.7 Å². The van der Waals surface area contributed by atoms with Gasteiger partial charge >= 0.3 is 22.7 Å². The van der Waals surface area contributed by atoms with Crippen molar-refractivity contribution >= 4 is 33.7 Å². The molecule has 16 nitrogen and oxygen atoms in total. The number of fused-ring (bicyclic) bond motifs is 1. The second kappa shape index (κ2) is 5.85. The Bertz CT molecular complexity index is 1150. The molecule has 26 heavy (non-hydrogen) atoms. The van der Waals surface area contributed by atoms with Crippen molar-refractivity contribution in [1.29, 1.82) is 0 Å². The first-order chi connectivity index (χ1) is 12.0. The number of nitrogens with zero attached hydrogens (tertiary/aromatic N) is 4. The summed E-state index contributed by atoms with van der Waals surface area (Å²) in [6.45, 7) is 0. The number of nitrogens with one attached hydrogen (secondary N) is 1. The fourth-order valence-corrected chi connectivity index (χ4v) is 2.20. The Morgan fingerprint density at radius 3 is 1.62 bits per heavy atom. The van der Waals surface area contributed by atoms with Gasteiger partial charge in [-0.25, -0.2) is 0 Å². The summed E-state index contributed by atoms with van der Waals surface area (Å²) in [6, 6.07) is 0.132. The lowest BCUT2D eigenvalue weighted by atomic mass is 10.1. The summed E-state index contributed by atoms with van der Waals surface area (Å²) in [4.78, 5) is 63.7. The fourth-order valence-electron chi connectivity index (χ4n) is 2.20. The van der Waals surface area contributed by atoms with Gasteiger partial charge in [-0.1, -0.05) is 0 Å². The van der Waals surface area contributed by atoms with E-state index in [4.69, 9.17) is 0 Å². The molecule has 0 spiro atoms. The van der Waals surface area contributed by atoms with Gasteiger partial charge < -0.3 is 10.1 Å². The van der Waals surface area contributed by atoms with Gasteiger partial charge in [0.1, 0.15) is 10.9 Å². The summed E-state index contributed by atoms with van der Waals surface area (Å²) < 4.78 is 0. The molecule has 0 radical (unpaired) electrons. The predicted octanol–water partition coefficient (Wildman–Crippen LogP) is 0.227. The molecule has 0 aliphatic rings. The Hall–Kier alpha value is -4.50. The molecule has 0 saturated carbocycles. The van der Waals surface area contributed by atoms with E-state index in [1.165, 1.54) is 0 Å². The number of hydrogen-bond donors (Lipinski definition) is 2. The van der Waals surface area contributed by atoms with Gasteiger partial charge in [-0.05, 0) is 0 Å². The largest absolute Gasteiger partial charge is 0.503 e. The van der Waals surface area contributed by atoms with E-state index in [1.54, 1.807) is 4.98 Å². The van der Waals surface area contributed by atoms with Crippen LogP contribution in [-0.4, -0.2) is 29.8 Å². The quantitative estimate of drug-likeness (QED) is 0.545. The summed E-state index contributed by atoms with van der Waals surface area (Å²) in [6.07, 6.45) is 0. The lowest BCUT2D eigenvalue weighted by molar-refractivity contribution is -0.450. The molecule has 0 amide bonds. The molecule has 0 saturated heterocycles. The summed E-state index contributed by atoms with van der Waals surface area (Å²) >= 11 is 0. The Balaban J connectivity index is 3.53. The minimum Gasteiger partial charge on any atom is -0.503 e. The molecule has 0 atom stereocenters. The number of aromatic nitrogens is 1. The molecule has 2 aromatic rings. The van der Waals surface area contributed by atoms with Crippen LogP contribution in [0.15, 0.2) is 15.7 Å². The van der Waals surface area contributed by atoms with Gasteiger partial charge in [-0.15, -0.1) is 0 Å². The van der Waals surface area contributed by atoms with Gasteiger partial charge in [-0.2, -0.15) is 0 Å². The van der Waals surface area contributed by atoms with Crippen LogP contribution in [-0.2, 0) is 0 Å². The maximum Gasteiger partial charge on any atom is 0.432 e. The molecule has 0 unspecified atom stereocenters. The third-order valence-electron chi connectivity index (χ3n) is 3.11. The molecule has 1 heterocycles. The number of rotatable bonds is 4. The maximum absolute atomic E-state index is 12.1. The minimum atomic E-state index is -1.91. The first-order valence-electron chi connectivity index (χ1n) is 6.06. The van der Waals surface area contributed by atoms with Crippen molar-refractivity contribution in [2.45, 2.75) is 0 Å². The number of nitro groups is 4. The van der Waals surface area contributed by atoms with Crippen molar-refractivity contribution < 1.29 is 24.8 Å². The van der Waals surface area contributed by atoms with Crippen LogP contribution in [0, 0.1) is 40.5 Å². The minimum absolute atomic E-state index is 0.132. The van der Waals surface area contributed by atoms with Crippen LogP contribution < -0.4 is 11.0 Å². The molecular weight excluding hydrogens is 366 g/mol. The number of benzene rings is 1. The normalized spacial score (nSPS) is 10.5. The average molecular weight is 369 g/mol. The van der Waals surface area contributed by atoms with E-state index in [9.17, 15) is 55.2 Å². The molecule has 1 aromatic heterocycles. The SMILES string of the molecule is O=c1[nH]c2c([N+](=O)[O-])c([N+](=O)[O-])c([N+](=O)[O-])c([N+](=O)[O-])c2c(=O)cc1O. The van der Waals surface area contributed by atoms with Gasteiger partial charge in [0, 0.05) is 6.07 Å². The van der Waals surface area contributed by atoms with Gasteiger partial charge in [0.05, 0.1) is 19.7 Å². The van der Waals surface area contributed by atoms with Crippen LogP contribution in [0.5, 0.6) is 5.75 Å². The van der Waals surface area contributed by atoms with E-state index in [2.05, 4.69) is 0 Å². The number of aromatic amines is 1. The highest BCUT2D eigenvalue weighted by molar-refractivity contribution is 6.03. The highest BCUT2D eigenvalue weighted by Crippen LogP contribution is 2.47. The summed E-state index contributed by atoms with van der Waals surface area (Å²) in [7, 11) is 0. The number of hydrogen-bond acceptors (Lipinski definition) is 11. The number of H-pyrrole nitrogens is 1.